The van der Waals surface area contributed by atoms with Crippen molar-refractivity contribution in [3.63, 3.8) is 0 Å². The number of aromatic nitrogens is 2. The summed E-state index contributed by atoms with van der Waals surface area (Å²) >= 11 is 0. The van der Waals surface area contributed by atoms with Crippen molar-refractivity contribution in [2.24, 2.45) is 0 Å². The van der Waals surface area contributed by atoms with Gasteiger partial charge in [-0.2, -0.15) is 4.98 Å². The summed E-state index contributed by atoms with van der Waals surface area (Å²) in [5.41, 5.74) is 0.488. The molecule has 1 fully saturated rings. The zero-order valence-corrected chi connectivity index (χ0v) is 15.5. The first kappa shape index (κ1) is 19.4. The minimum absolute atomic E-state index is 0.138. The number of hydrogen-bond donors (Lipinski definition) is 2. The first-order valence-corrected chi connectivity index (χ1v) is 10.3. The number of sulfonamides is 1. The molecule has 0 saturated heterocycles. The van der Waals surface area contributed by atoms with Crippen LogP contribution in [0.3, 0.4) is 0 Å². The number of hydrogen-bond acceptors (Lipinski definition) is 6. The minimum Gasteiger partial charge on any atom is -0.480 e. The topological polar surface area (TPSA) is 122 Å². The molecule has 2 aromatic rings. The van der Waals surface area contributed by atoms with Gasteiger partial charge < -0.3 is 9.63 Å². The molecule has 1 aliphatic rings. The number of nitrogens with zero attached hydrogens (tertiary/aromatic N) is 2. The van der Waals surface area contributed by atoms with E-state index in [0.717, 1.165) is 18.9 Å². The van der Waals surface area contributed by atoms with Crippen LogP contribution in [0, 0.1) is 5.82 Å². The second-order valence-electron chi connectivity index (χ2n) is 6.58. The highest BCUT2D eigenvalue weighted by Crippen LogP contribution is 2.39. The van der Waals surface area contributed by atoms with Crippen LogP contribution in [0.15, 0.2) is 22.7 Å². The third kappa shape index (κ3) is 4.89. The van der Waals surface area contributed by atoms with Crippen LogP contribution in [0.1, 0.15) is 43.6 Å². The zero-order valence-electron chi connectivity index (χ0n) is 14.7. The van der Waals surface area contributed by atoms with Crippen LogP contribution in [0.4, 0.5) is 4.39 Å². The molecule has 1 aromatic heterocycles. The van der Waals surface area contributed by atoms with Gasteiger partial charge in [-0.25, -0.2) is 17.5 Å². The van der Waals surface area contributed by atoms with Crippen LogP contribution >= 0.6 is 0 Å². The van der Waals surface area contributed by atoms with Crippen molar-refractivity contribution in [3.8, 4) is 11.4 Å². The monoisotopic (exact) mass is 397 g/mol. The van der Waals surface area contributed by atoms with E-state index in [2.05, 4.69) is 14.9 Å². The number of aliphatic carboxylic acids is 1. The Morgan fingerprint density at radius 3 is 2.78 bits per heavy atom. The Bertz CT molecular complexity index is 940. The third-order valence-corrected chi connectivity index (χ3v) is 5.76. The molecule has 0 bridgehead atoms. The Morgan fingerprint density at radius 2 is 2.19 bits per heavy atom. The molecule has 0 aliphatic heterocycles. The molecule has 2 N–H and O–H groups in total. The zero-order chi connectivity index (χ0) is 19.6. The molecule has 1 heterocycles. The lowest BCUT2D eigenvalue weighted by Crippen LogP contribution is -2.43. The van der Waals surface area contributed by atoms with Crippen molar-refractivity contribution in [2.45, 2.75) is 44.6 Å². The summed E-state index contributed by atoms with van der Waals surface area (Å²) in [7, 11) is -3.71. The van der Waals surface area contributed by atoms with Gasteiger partial charge in [-0.3, -0.25) is 4.79 Å². The van der Waals surface area contributed by atoms with E-state index in [-0.39, 0.29) is 29.5 Å². The number of rotatable bonds is 9. The standard InChI is InChI=1S/C17H20FN3O5S/c1-2-7-27(24,25)21-14(17(22)23)9-10-3-6-12(13(18)8-10)15-19-16(26-20-15)11-4-5-11/h3,6,8,11,14,21H,2,4-5,7,9H2,1H3,(H,22,23). The molecule has 27 heavy (non-hydrogen) atoms. The maximum Gasteiger partial charge on any atom is 0.322 e. The molecular formula is C17H20FN3O5S. The Morgan fingerprint density at radius 1 is 1.44 bits per heavy atom. The van der Waals surface area contributed by atoms with Crippen LogP contribution in [0.2, 0.25) is 0 Å². The van der Waals surface area contributed by atoms with Gasteiger partial charge in [0.15, 0.2) is 0 Å². The lowest BCUT2D eigenvalue weighted by Gasteiger charge is -2.15. The largest absolute Gasteiger partial charge is 0.480 e. The van der Waals surface area contributed by atoms with Crippen LogP contribution in [-0.4, -0.2) is 41.4 Å². The number of carbonyl (C=O) groups is 1. The molecule has 1 aliphatic carbocycles. The van der Waals surface area contributed by atoms with E-state index >= 15 is 0 Å². The van der Waals surface area contributed by atoms with Gasteiger partial charge in [0, 0.05) is 5.92 Å². The Hall–Kier alpha value is -2.33. The summed E-state index contributed by atoms with van der Waals surface area (Å²) in [6.45, 7) is 1.68. The first-order valence-electron chi connectivity index (χ1n) is 8.64. The highest BCUT2D eigenvalue weighted by molar-refractivity contribution is 7.89. The van der Waals surface area contributed by atoms with Gasteiger partial charge in [0.1, 0.15) is 11.9 Å². The summed E-state index contributed by atoms with van der Waals surface area (Å²) in [6, 6.07) is 2.74. The molecule has 0 amide bonds. The Balaban J connectivity index is 1.76. The van der Waals surface area contributed by atoms with E-state index < -0.39 is 27.9 Å². The van der Waals surface area contributed by atoms with Gasteiger partial charge in [-0.05, 0) is 43.4 Å². The van der Waals surface area contributed by atoms with Crippen molar-refractivity contribution >= 4 is 16.0 Å². The van der Waals surface area contributed by atoms with E-state index in [1.807, 2.05) is 0 Å². The molecule has 1 atom stereocenters. The highest BCUT2D eigenvalue weighted by Gasteiger charge is 2.30. The molecule has 3 rings (SSSR count). The van der Waals surface area contributed by atoms with Gasteiger partial charge in [-0.1, -0.05) is 18.1 Å². The average molecular weight is 397 g/mol. The van der Waals surface area contributed by atoms with Crippen molar-refractivity contribution in [1.29, 1.82) is 0 Å². The van der Waals surface area contributed by atoms with Gasteiger partial charge >= 0.3 is 5.97 Å². The van der Waals surface area contributed by atoms with E-state index in [4.69, 9.17) is 4.52 Å². The summed E-state index contributed by atoms with van der Waals surface area (Å²) < 4.78 is 45.4. The van der Waals surface area contributed by atoms with Crippen LogP contribution in [0.25, 0.3) is 11.4 Å². The van der Waals surface area contributed by atoms with E-state index in [0.29, 0.717) is 17.9 Å². The number of benzene rings is 1. The number of carboxylic acid groups (broad SMARTS) is 1. The van der Waals surface area contributed by atoms with Crippen molar-refractivity contribution < 1.29 is 27.2 Å². The number of nitrogens with one attached hydrogen (secondary N) is 1. The maximum absolute atomic E-state index is 14.5. The number of carboxylic acids is 1. The normalized spacial score (nSPS) is 15.6. The van der Waals surface area contributed by atoms with E-state index in [1.54, 1.807) is 6.92 Å². The van der Waals surface area contributed by atoms with Gasteiger partial charge in [0.2, 0.25) is 21.7 Å². The fourth-order valence-electron chi connectivity index (χ4n) is 2.67. The Labute approximate surface area is 155 Å². The highest BCUT2D eigenvalue weighted by atomic mass is 32.2. The molecule has 0 spiro atoms. The molecular weight excluding hydrogens is 377 g/mol. The predicted molar refractivity (Wildman–Crippen MR) is 94.0 cm³/mol. The van der Waals surface area contributed by atoms with E-state index in [1.165, 1.54) is 12.1 Å². The number of halogens is 1. The van der Waals surface area contributed by atoms with Crippen molar-refractivity contribution in [2.75, 3.05) is 5.75 Å². The summed E-state index contributed by atoms with van der Waals surface area (Å²) in [4.78, 5) is 15.6. The second kappa shape index (κ2) is 7.73. The lowest BCUT2D eigenvalue weighted by atomic mass is 10.0. The van der Waals surface area contributed by atoms with Gasteiger partial charge in [-0.15, -0.1) is 0 Å². The van der Waals surface area contributed by atoms with Crippen molar-refractivity contribution in [1.82, 2.24) is 14.9 Å². The van der Waals surface area contributed by atoms with Gasteiger partial charge in [0.05, 0.1) is 11.3 Å². The van der Waals surface area contributed by atoms with Crippen molar-refractivity contribution in [3.05, 3.63) is 35.5 Å². The molecule has 1 aromatic carbocycles. The Kier molecular flexibility index (Phi) is 5.56. The fourth-order valence-corrected chi connectivity index (χ4v) is 3.94. The first-order chi connectivity index (χ1) is 12.8. The van der Waals surface area contributed by atoms with Gasteiger partial charge in [0.25, 0.3) is 0 Å². The molecule has 10 heteroatoms. The quantitative estimate of drug-likeness (QED) is 0.664. The smallest absolute Gasteiger partial charge is 0.322 e. The molecule has 0 radical (unpaired) electrons. The molecule has 146 valence electrons. The van der Waals surface area contributed by atoms with Crippen LogP contribution in [-0.2, 0) is 21.2 Å². The summed E-state index contributed by atoms with van der Waals surface area (Å²) in [5, 5.41) is 13.1. The lowest BCUT2D eigenvalue weighted by molar-refractivity contribution is -0.138. The maximum atomic E-state index is 14.5. The third-order valence-electron chi connectivity index (χ3n) is 4.18. The van der Waals surface area contributed by atoms with E-state index in [9.17, 15) is 22.7 Å². The van der Waals surface area contributed by atoms with Crippen LogP contribution in [0.5, 0.6) is 0 Å². The predicted octanol–water partition coefficient (Wildman–Crippen LogP) is 2.08. The minimum atomic E-state index is -3.71. The van der Waals surface area contributed by atoms with Crippen LogP contribution < -0.4 is 4.72 Å². The second-order valence-corrected chi connectivity index (χ2v) is 8.45. The average Bonchev–Trinajstić information content (AvgIpc) is 3.32. The SMILES string of the molecule is CCCS(=O)(=O)NC(Cc1ccc(-c2noc(C3CC3)n2)c(F)c1)C(=O)O. The summed E-state index contributed by atoms with van der Waals surface area (Å²) in [6.07, 6.45) is 2.13. The molecule has 1 unspecified atom stereocenters. The fraction of sp³-hybridized carbons (Fsp3) is 0.471. The molecule has 1 saturated carbocycles. The summed E-state index contributed by atoms with van der Waals surface area (Å²) in [5.74, 6) is -1.25. The molecule has 8 nitrogen and oxygen atoms in total.